The van der Waals surface area contributed by atoms with E-state index < -0.39 is 5.41 Å². The number of likely N-dealkylation sites (tertiary alicyclic amines) is 1. The molecule has 6 rings (SSSR count). The number of amides is 1. The Balaban J connectivity index is 1.25. The highest BCUT2D eigenvalue weighted by molar-refractivity contribution is 7.15. The number of hydrogen-bond acceptors (Lipinski definition) is 6. The molecule has 1 amide bonds. The zero-order valence-electron chi connectivity index (χ0n) is 18.1. The van der Waals surface area contributed by atoms with E-state index in [4.69, 9.17) is 21.1 Å². The Hall–Kier alpha value is -2.61. The molecule has 1 atom stereocenters. The summed E-state index contributed by atoms with van der Waals surface area (Å²) < 4.78 is 10.9. The number of ether oxygens (including phenoxy) is 2. The van der Waals surface area contributed by atoms with Crippen LogP contribution in [0, 0.1) is 0 Å². The van der Waals surface area contributed by atoms with Gasteiger partial charge in [0.25, 0.3) is 0 Å². The number of carbonyl (C=O) groups excluding carboxylic acids is 1. The Morgan fingerprint density at radius 3 is 2.70 bits per heavy atom. The van der Waals surface area contributed by atoms with Crippen LogP contribution in [-0.4, -0.2) is 35.7 Å². The Morgan fingerprint density at radius 2 is 1.91 bits per heavy atom. The molecule has 3 heterocycles. The highest BCUT2D eigenvalue weighted by atomic mass is 35.5. The van der Waals surface area contributed by atoms with Crippen molar-refractivity contribution in [2.45, 2.75) is 37.1 Å². The summed E-state index contributed by atoms with van der Waals surface area (Å²) in [5, 5.41) is 4.47. The Kier molecular flexibility index (Phi) is 5.28. The molecule has 3 aliphatic rings. The molecule has 1 saturated heterocycles. The first-order chi connectivity index (χ1) is 16.1. The molecule has 2 aromatic carbocycles. The van der Waals surface area contributed by atoms with Crippen LogP contribution in [0.2, 0.25) is 5.02 Å². The van der Waals surface area contributed by atoms with Crippen molar-refractivity contribution < 1.29 is 14.3 Å². The maximum atomic E-state index is 13.3. The SMILES string of the molecule is O=C(Nc1ncc(C(c2ccccc2Cl)N2CCCC2)s1)C1(c2ccc3c(c2)OCO3)CC1. The highest BCUT2D eigenvalue weighted by Crippen LogP contribution is 2.51. The fraction of sp³-hybridized carbons (Fsp3) is 0.360. The molecule has 1 saturated carbocycles. The number of nitrogens with zero attached hydrogens (tertiary/aromatic N) is 2. The third-order valence-electron chi connectivity index (χ3n) is 6.83. The monoisotopic (exact) mass is 481 g/mol. The lowest BCUT2D eigenvalue weighted by molar-refractivity contribution is -0.118. The van der Waals surface area contributed by atoms with Crippen molar-refractivity contribution in [3.8, 4) is 11.5 Å². The number of thiazole rings is 1. The highest BCUT2D eigenvalue weighted by Gasteiger charge is 2.52. The van der Waals surface area contributed by atoms with E-state index in [0.29, 0.717) is 10.9 Å². The second kappa shape index (κ2) is 8.31. The molecule has 1 N–H and O–H groups in total. The Labute approximate surface area is 201 Å². The van der Waals surface area contributed by atoms with Crippen LogP contribution < -0.4 is 14.8 Å². The zero-order chi connectivity index (χ0) is 22.4. The fourth-order valence-electron chi connectivity index (χ4n) is 4.88. The van der Waals surface area contributed by atoms with Gasteiger partial charge in [-0.15, -0.1) is 0 Å². The van der Waals surface area contributed by atoms with Crippen LogP contribution in [-0.2, 0) is 10.2 Å². The molecule has 33 heavy (non-hydrogen) atoms. The fourth-order valence-corrected chi connectivity index (χ4v) is 6.08. The molecule has 6 nitrogen and oxygen atoms in total. The average Bonchev–Trinajstić information content (AvgIpc) is 3.19. The van der Waals surface area contributed by atoms with E-state index in [0.717, 1.165) is 52.7 Å². The quantitative estimate of drug-likeness (QED) is 0.512. The van der Waals surface area contributed by atoms with Crippen molar-refractivity contribution in [2.24, 2.45) is 0 Å². The average molecular weight is 482 g/mol. The Morgan fingerprint density at radius 1 is 1.12 bits per heavy atom. The minimum atomic E-state index is -0.524. The number of hydrogen-bond donors (Lipinski definition) is 1. The van der Waals surface area contributed by atoms with Gasteiger partial charge in [-0.25, -0.2) is 4.98 Å². The maximum Gasteiger partial charge on any atom is 0.236 e. The number of aromatic nitrogens is 1. The third-order valence-corrected chi connectivity index (χ3v) is 8.14. The number of rotatable bonds is 6. The largest absolute Gasteiger partial charge is 0.454 e. The van der Waals surface area contributed by atoms with Gasteiger partial charge in [-0.1, -0.05) is 47.2 Å². The minimum absolute atomic E-state index is 0.0160. The van der Waals surface area contributed by atoms with Crippen LogP contribution in [0.25, 0.3) is 0 Å². The van der Waals surface area contributed by atoms with Gasteiger partial charge < -0.3 is 14.8 Å². The molecule has 2 fully saturated rings. The van der Waals surface area contributed by atoms with Crippen molar-refractivity contribution in [3.05, 3.63) is 69.7 Å². The van der Waals surface area contributed by atoms with Crippen molar-refractivity contribution in [1.82, 2.24) is 9.88 Å². The second-order valence-corrected chi connectivity index (χ2v) is 10.3. The summed E-state index contributed by atoms with van der Waals surface area (Å²) in [4.78, 5) is 21.4. The van der Waals surface area contributed by atoms with Crippen LogP contribution in [0.15, 0.2) is 48.7 Å². The molecule has 1 unspecified atom stereocenters. The first kappa shape index (κ1) is 21.0. The van der Waals surface area contributed by atoms with Crippen molar-refractivity contribution >= 4 is 34.0 Å². The van der Waals surface area contributed by atoms with Gasteiger partial charge in [-0.05, 0) is 68.1 Å². The molecule has 170 valence electrons. The smallest absolute Gasteiger partial charge is 0.236 e. The summed E-state index contributed by atoms with van der Waals surface area (Å²) in [6.07, 6.45) is 5.87. The van der Waals surface area contributed by atoms with E-state index >= 15 is 0 Å². The molecule has 0 bridgehead atoms. The van der Waals surface area contributed by atoms with Crippen LogP contribution >= 0.6 is 22.9 Å². The van der Waals surface area contributed by atoms with Gasteiger partial charge in [0.1, 0.15) is 0 Å². The summed E-state index contributed by atoms with van der Waals surface area (Å²) in [6, 6.07) is 13.8. The molecule has 8 heteroatoms. The predicted molar refractivity (Wildman–Crippen MR) is 128 cm³/mol. The van der Waals surface area contributed by atoms with Gasteiger partial charge in [0.2, 0.25) is 12.7 Å². The van der Waals surface area contributed by atoms with Gasteiger partial charge in [0.05, 0.1) is 11.5 Å². The second-order valence-electron chi connectivity index (χ2n) is 8.84. The molecule has 1 aliphatic carbocycles. The van der Waals surface area contributed by atoms with Crippen LogP contribution in [0.3, 0.4) is 0 Å². The van der Waals surface area contributed by atoms with E-state index in [9.17, 15) is 4.79 Å². The van der Waals surface area contributed by atoms with Gasteiger partial charge in [-0.2, -0.15) is 0 Å². The lowest BCUT2D eigenvalue weighted by Gasteiger charge is -2.27. The molecular formula is C25H24ClN3O3S. The molecular weight excluding hydrogens is 458 g/mol. The van der Waals surface area contributed by atoms with E-state index in [-0.39, 0.29) is 18.7 Å². The van der Waals surface area contributed by atoms with E-state index in [1.807, 2.05) is 42.6 Å². The predicted octanol–water partition coefficient (Wildman–Crippen LogP) is 5.38. The third kappa shape index (κ3) is 3.78. The number of benzene rings is 2. The molecule has 3 aromatic rings. The minimum Gasteiger partial charge on any atom is -0.454 e. The Bertz CT molecular complexity index is 1200. The van der Waals surface area contributed by atoms with E-state index in [1.165, 1.54) is 24.2 Å². The van der Waals surface area contributed by atoms with E-state index in [1.54, 1.807) is 0 Å². The lowest BCUT2D eigenvalue weighted by Crippen LogP contribution is -2.27. The van der Waals surface area contributed by atoms with E-state index in [2.05, 4.69) is 21.3 Å². The molecule has 1 aromatic heterocycles. The summed E-state index contributed by atoms with van der Waals surface area (Å²) in [5.41, 5.74) is 1.53. The summed E-state index contributed by atoms with van der Waals surface area (Å²) >= 11 is 8.11. The number of fused-ring (bicyclic) bond motifs is 1. The standard InChI is InChI=1S/C25H24ClN3O3S/c26-18-6-2-1-5-17(18)22(29-11-3-4-12-29)21-14-27-24(33-21)28-23(30)25(9-10-25)16-7-8-19-20(13-16)32-15-31-19/h1-2,5-8,13-14,22H,3-4,9-12,15H2,(H,27,28,30). The van der Waals surface area contributed by atoms with Gasteiger partial charge in [0.15, 0.2) is 16.6 Å². The lowest BCUT2D eigenvalue weighted by atomic mass is 9.94. The number of halogens is 1. The number of carbonyl (C=O) groups is 1. The van der Waals surface area contributed by atoms with Crippen molar-refractivity contribution in [2.75, 3.05) is 25.2 Å². The van der Waals surface area contributed by atoms with Crippen LogP contribution in [0.4, 0.5) is 5.13 Å². The summed E-state index contributed by atoms with van der Waals surface area (Å²) in [7, 11) is 0. The van der Waals surface area contributed by atoms with Crippen LogP contribution in [0.5, 0.6) is 11.5 Å². The summed E-state index contributed by atoms with van der Waals surface area (Å²) in [5.74, 6) is 1.42. The van der Waals surface area contributed by atoms with Gasteiger partial charge in [-0.3, -0.25) is 9.69 Å². The number of nitrogens with one attached hydrogen (secondary N) is 1. The van der Waals surface area contributed by atoms with Crippen LogP contribution in [0.1, 0.15) is 47.7 Å². The zero-order valence-corrected chi connectivity index (χ0v) is 19.6. The molecule has 0 radical (unpaired) electrons. The first-order valence-electron chi connectivity index (χ1n) is 11.3. The normalized spacial score (nSPS) is 19.4. The number of anilines is 1. The summed E-state index contributed by atoms with van der Waals surface area (Å²) in [6.45, 7) is 2.29. The van der Waals surface area contributed by atoms with Crippen molar-refractivity contribution in [3.63, 3.8) is 0 Å². The topological polar surface area (TPSA) is 63.7 Å². The molecule has 2 aliphatic heterocycles. The molecule has 0 spiro atoms. The van der Waals surface area contributed by atoms with Gasteiger partial charge >= 0.3 is 0 Å². The maximum absolute atomic E-state index is 13.3. The van der Waals surface area contributed by atoms with Gasteiger partial charge in [0, 0.05) is 16.1 Å². The van der Waals surface area contributed by atoms with Crippen molar-refractivity contribution in [1.29, 1.82) is 0 Å². The first-order valence-corrected chi connectivity index (χ1v) is 12.5.